The van der Waals surface area contributed by atoms with Crippen LogP contribution in [0, 0.1) is 6.92 Å². The van der Waals surface area contributed by atoms with Gasteiger partial charge >= 0.3 is 5.97 Å². The maximum absolute atomic E-state index is 12.9. The van der Waals surface area contributed by atoms with Gasteiger partial charge in [0.05, 0.1) is 28.3 Å². The molecule has 1 aliphatic heterocycles. The highest BCUT2D eigenvalue weighted by Crippen LogP contribution is 2.26. The maximum atomic E-state index is 12.9. The van der Waals surface area contributed by atoms with Crippen molar-refractivity contribution in [1.29, 1.82) is 0 Å². The molecule has 0 spiro atoms. The fraction of sp³-hybridized carbons (Fsp3) is 0.333. The van der Waals surface area contributed by atoms with Crippen molar-refractivity contribution in [3.05, 3.63) is 59.2 Å². The molecule has 0 unspecified atom stereocenters. The standard InChI is InChI=1S/C21H24N2O5S/c1-3-28-21(25)16-9-11-17(12-10-16)29(26,27)22-19-15(2)7-6-8-18(19)20(24)23-13-4-5-14-23/h6-12,22H,3-5,13-14H2,1-2H3. The number of carbonyl (C=O) groups excluding carboxylic acids is 2. The number of esters is 1. The molecule has 1 aliphatic rings. The molecule has 0 atom stereocenters. The highest BCUT2D eigenvalue weighted by Gasteiger charge is 2.25. The van der Waals surface area contributed by atoms with Crippen LogP contribution in [0.1, 0.15) is 46.0 Å². The molecule has 3 rings (SSSR count). The molecule has 2 aromatic rings. The van der Waals surface area contributed by atoms with Gasteiger partial charge in [-0.05, 0) is 62.6 Å². The van der Waals surface area contributed by atoms with Crippen molar-refractivity contribution in [2.75, 3.05) is 24.4 Å². The molecule has 7 nitrogen and oxygen atoms in total. The van der Waals surface area contributed by atoms with Crippen LogP contribution < -0.4 is 4.72 Å². The molecule has 2 aromatic carbocycles. The Kier molecular flexibility index (Phi) is 6.22. The molecule has 0 radical (unpaired) electrons. The maximum Gasteiger partial charge on any atom is 0.338 e. The van der Waals surface area contributed by atoms with E-state index in [1.807, 2.05) is 0 Å². The summed E-state index contributed by atoms with van der Waals surface area (Å²) in [6.45, 7) is 5.04. The van der Waals surface area contributed by atoms with Gasteiger partial charge in [0.25, 0.3) is 15.9 Å². The average molecular weight is 416 g/mol. The van der Waals surface area contributed by atoms with E-state index >= 15 is 0 Å². The Morgan fingerprint density at radius 1 is 1.07 bits per heavy atom. The van der Waals surface area contributed by atoms with Gasteiger partial charge in [-0.2, -0.15) is 0 Å². The number of rotatable bonds is 6. The minimum absolute atomic E-state index is 0.00614. The molecule has 0 aromatic heterocycles. The van der Waals surface area contributed by atoms with Crippen molar-refractivity contribution in [2.24, 2.45) is 0 Å². The number of ether oxygens (including phenoxy) is 1. The monoisotopic (exact) mass is 416 g/mol. The molecule has 0 saturated carbocycles. The fourth-order valence-corrected chi connectivity index (χ4v) is 4.40. The summed E-state index contributed by atoms with van der Waals surface area (Å²) in [7, 11) is -3.94. The van der Waals surface area contributed by atoms with E-state index in [0.29, 0.717) is 24.2 Å². The first kappa shape index (κ1) is 20.9. The second kappa shape index (κ2) is 8.65. The number of hydrogen-bond acceptors (Lipinski definition) is 5. The molecule has 1 fully saturated rings. The highest BCUT2D eigenvalue weighted by molar-refractivity contribution is 7.92. The number of hydrogen-bond donors (Lipinski definition) is 1. The quantitative estimate of drug-likeness (QED) is 0.730. The number of anilines is 1. The Morgan fingerprint density at radius 2 is 1.72 bits per heavy atom. The van der Waals surface area contributed by atoms with E-state index in [2.05, 4.69) is 4.72 Å². The van der Waals surface area contributed by atoms with Crippen LogP contribution >= 0.6 is 0 Å². The van der Waals surface area contributed by atoms with E-state index < -0.39 is 16.0 Å². The first-order valence-electron chi connectivity index (χ1n) is 9.52. The zero-order valence-electron chi connectivity index (χ0n) is 16.5. The molecule has 0 bridgehead atoms. The number of sulfonamides is 1. The van der Waals surface area contributed by atoms with Crippen LogP contribution in [0.15, 0.2) is 47.4 Å². The lowest BCUT2D eigenvalue weighted by Gasteiger charge is -2.20. The van der Waals surface area contributed by atoms with E-state index in [9.17, 15) is 18.0 Å². The fourth-order valence-electron chi connectivity index (χ4n) is 3.25. The normalized spacial score (nSPS) is 13.9. The number of para-hydroxylation sites is 1. The lowest BCUT2D eigenvalue weighted by Crippen LogP contribution is -2.29. The van der Waals surface area contributed by atoms with Crippen LogP contribution in [0.25, 0.3) is 0 Å². The number of amides is 1. The summed E-state index contributed by atoms with van der Waals surface area (Å²) >= 11 is 0. The third-order valence-corrected chi connectivity index (χ3v) is 6.17. The molecule has 1 heterocycles. The van der Waals surface area contributed by atoms with Gasteiger partial charge < -0.3 is 9.64 Å². The zero-order chi connectivity index (χ0) is 21.0. The van der Waals surface area contributed by atoms with Gasteiger partial charge in [0.2, 0.25) is 0 Å². The molecule has 1 saturated heterocycles. The van der Waals surface area contributed by atoms with E-state index in [-0.39, 0.29) is 28.7 Å². The Hall–Kier alpha value is -2.87. The van der Waals surface area contributed by atoms with E-state index in [1.54, 1.807) is 36.9 Å². The summed E-state index contributed by atoms with van der Waals surface area (Å²) in [5.41, 5.74) is 1.53. The van der Waals surface area contributed by atoms with Crippen molar-refractivity contribution in [2.45, 2.75) is 31.6 Å². The van der Waals surface area contributed by atoms with Gasteiger partial charge in [-0.25, -0.2) is 13.2 Å². The Labute approximate surface area is 170 Å². The summed E-state index contributed by atoms with van der Waals surface area (Å²) in [5, 5.41) is 0. The van der Waals surface area contributed by atoms with Gasteiger partial charge in [0.1, 0.15) is 0 Å². The van der Waals surface area contributed by atoms with Crippen LogP contribution in [0.4, 0.5) is 5.69 Å². The van der Waals surface area contributed by atoms with E-state index in [4.69, 9.17) is 4.74 Å². The number of nitrogens with one attached hydrogen (secondary N) is 1. The summed E-state index contributed by atoms with van der Waals surface area (Å²) in [4.78, 5) is 26.4. The number of likely N-dealkylation sites (tertiary alicyclic amines) is 1. The summed E-state index contributed by atoms with van der Waals surface area (Å²) < 4.78 is 33.3. The van der Waals surface area contributed by atoms with Gasteiger partial charge in [0, 0.05) is 13.1 Å². The Morgan fingerprint density at radius 3 is 2.34 bits per heavy atom. The van der Waals surface area contributed by atoms with Crippen molar-refractivity contribution in [1.82, 2.24) is 4.90 Å². The predicted octanol–water partition coefficient (Wildman–Crippen LogP) is 3.21. The second-order valence-electron chi connectivity index (χ2n) is 6.85. The first-order valence-corrected chi connectivity index (χ1v) is 11.0. The van der Waals surface area contributed by atoms with Gasteiger partial charge in [0.15, 0.2) is 0 Å². The van der Waals surface area contributed by atoms with E-state index in [1.165, 1.54) is 24.3 Å². The van der Waals surface area contributed by atoms with Crippen molar-refractivity contribution in [3.63, 3.8) is 0 Å². The van der Waals surface area contributed by atoms with Crippen molar-refractivity contribution < 1.29 is 22.7 Å². The molecule has 8 heteroatoms. The summed E-state index contributed by atoms with van der Waals surface area (Å²) in [6.07, 6.45) is 1.90. The van der Waals surface area contributed by atoms with Gasteiger partial charge in [-0.3, -0.25) is 9.52 Å². The molecule has 1 N–H and O–H groups in total. The molecule has 0 aliphatic carbocycles. The molecule has 1 amide bonds. The molecule has 29 heavy (non-hydrogen) atoms. The topological polar surface area (TPSA) is 92.8 Å². The molecular weight excluding hydrogens is 392 g/mol. The highest BCUT2D eigenvalue weighted by atomic mass is 32.2. The lowest BCUT2D eigenvalue weighted by molar-refractivity contribution is 0.0526. The number of carbonyl (C=O) groups is 2. The van der Waals surface area contributed by atoms with Crippen LogP contribution in [-0.2, 0) is 14.8 Å². The lowest BCUT2D eigenvalue weighted by atomic mass is 10.1. The average Bonchev–Trinajstić information content (AvgIpc) is 3.24. The smallest absolute Gasteiger partial charge is 0.338 e. The SMILES string of the molecule is CCOC(=O)c1ccc(S(=O)(=O)Nc2c(C)cccc2C(=O)N2CCCC2)cc1. The largest absolute Gasteiger partial charge is 0.462 e. The summed E-state index contributed by atoms with van der Waals surface area (Å²) in [5.74, 6) is -0.691. The van der Waals surface area contributed by atoms with Gasteiger partial charge in [-0.1, -0.05) is 12.1 Å². The van der Waals surface area contributed by atoms with Crippen LogP contribution in [-0.4, -0.2) is 44.9 Å². The number of aryl methyl sites for hydroxylation is 1. The van der Waals surface area contributed by atoms with Crippen LogP contribution in [0.3, 0.4) is 0 Å². The second-order valence-corrected chi connectivity index (χ2v) is 8.53. The zero-order valence-corrected chi connectivity index (χ0v) is 17.3. The summed E-state index contributed by atoms with van der Waals surface area (Å²) in [6, 6.07) is 10.6. The third-order valence-electron chi connectivity index (χ3n) is 4.81. The minimum Gasteiger partial charge on any atom is -0.462 e. The predicted molar refractivity (Wildman–Crippen MR) is 110 cm³/mol. The van der Waals surface area contributed by atoms with Crippen molar-refractivity contribution in [3.8, 4) is 0 Å². The van der Waals surface area contributed by atoms with Crippen LogP contribution in [0.5, 0.6) is 0 Å². The number of nitrogens with zero attached hydrogens (tertiary/aromatic N) is 1. The Bertz CT molecular complexity index is 1010. The van der Waals surface area contributed by atoms with Crippen molar-refractivity contribution >= 4 is 27.6 Å². The van der Waals surface area contributed by atoms with Gasteiger partial charge in [-0.15, -0.1) is 0 Å². The number of benzene rings is 2. The van der Waals surface area contributed by atoms with E-state index in [0.717, 1.165) is 12.8 Å². The molecule has 154 valence electrons. The third kappa shape index (κ3) is 4.59. The van der Waals surface area contributed by atoms with Crippen LogP contribution in [0.2, 0.25) is 0 Å². The first-order chi connectivity index (χ1) is 13.8. The molecular formula is C21H24N2O5S. The Balaban J connectivity index is 1.88. The minimum atomic E-state index is -3.94.